The Labute approximate surface area is 119 Å². The standard InChI is InChI=1S/C17H19NO2/c1-17(2)19-15-9-8-14(12-16(15)20-17)18-11-10-13-6-4-3-5-7-13/h3-9,12,18H,10-11H2,1-2H3. The van der Waals surface area contributed by atoms with Gasteiger partial charge in [-0.2, -0.15) is 0 Å². The zero-order chi connectivity index (χ0) is 14.0. The van der Waals surface area contributed by atoms with Crippen molar-refractivity contribution in [3.05, 3.63) is 54.1 Å². The van der Waals surface area contributed by atoms with Crippen LogP contribution in [0.1, 0.15) is 19.4 Å². The van der Waals surface area contributed by atoms with Gasteiger partial charge in [-0.1, -0.05) is 30.3 Å². The van der Waals surface area contributed by atoms with Crippen LogP contribution < -0.4 is 14.8 Å². The molecule has 3 heteroatoms. The molecule has 0 unspecified atom stereocenters. The lowest BCUT2D eigenvalue weighted by Gasteiger charge is -2.16. The summed E-state index contributed by atoms with van der Waals surface area (Å²) in [5.41, 5.74) is 2.39. The third-order valence-electron chi connectivity index (χ3n) is 3.24. The molecule has 0 aromatic heterocycles. The number of ether oxygens (including phenoxy) is 2. The maximum absolute atomic E-state index is 5.74. The fourth-order valence-corrected chi connectivity index (χ4v) is 2.33. The average molecular weight is 269 g/mol. The predicted molar refractivity (Wildman–Crippen MR) is 80.4 cm³/mol. The zero-order valence-electron chi connectivity index (χ0n) is 11.8. The molecule has 0 atom stereocenters. The number of nitrogens with one attached hydrogen (secondary N) is 1. The normalized spacial score (nSPS) is 15.1. The Bertz CT molecular complexity index is 593. The topological polar surface area (TPSA) is 30.5 Å². The van der Waals surface area contributed by atoms with Gasteiger partial charge in [0.15, 0.2) is 11.5 Å². The quantitative estimate of drug-likeness (QED) is 0.914. The van der Waals surface area contributed by atoms with Gasteiger partial charge in [0, 0.05) is 32.1 Å². The van der Waals surface area contributed by atoms with Crippen LogP contribution in [0.4, 0.5) is 5.69 Å². The van der Waals surface area contributed by atoms with Crippen LogP contribution in [-0.2, 0) is 6.42 Å². The predicted octanol–water partition coefficient (Wildman–Crippen LogP) is 3.85. The van der Waals surface area contributed by atoms with Crippen molar-refractivity contribution in [2.75, 3.05) is 11.9 Å². The molecule has 1 heterocycles. The molecule has 20 heavy (non-hydrogen) atoms. The molecule has 0 saturated carbocycles. The van der Waals surface area contributed by atoms with Gasteiger partial charge in [-0.05, 0) is 24.1 Å². The summed E-state index contributed by atoms with van der Waals surface area (Å²) in [6.07, 6.45) is 1.00. The average Bonchev–Trinajstić information content (AvgIpc) is 2.73. The van der Waals surface area contributed by atoms with Gasteiger partial charge >= 0.3 is 0 Å². The summed E-state index contributed by atoms with van der Waals surface area (Å²) in [7, 11) is 0. The summed E-state index contributed by atoms with van der Waals surface area (Å²) >= 11 is 0. The van der Waals surface area contributed by atoms with Crippen molar-refractivity contribution >= 4 is 5.69 Å². The second-order valence-electron chi connectivity index (χ2n) is 5.43. The minimum absolute atomic E-state index is 0.564. The van der Waals surface area contributed by atoms with Crippen LogP contribution in [0.3, 0.4) is 0 Å². The molecular weight excluding hydrogens is 250 g/mol. The molecule has 1 aliphatic rings. The second kappa shape index (κ2) is 5.08. The lowest BCUT2D eigenvalue weighted by Crippen LogP contribution is -2.29. The first kappa shape index (κ1) is 12.9. The summed E-state index contributed by atoms with van der Waals surface area (Å²) in [6, 6.07) is 16.4. The van der Waals surface area contributed by atoms with Crippen LogP contribution in [0.2, 0.25) is 0 Å². The Morgan fingerprint density at radius 2 is 1.70 bits per heavy atom. The number of rotatable bonds is 4. The van der Waals surface area contributed by atoms with Gasteiger partial charge in [0.05, 0.1) is 0 Å². The van der Waals surface area contributed by atoms with E-state index in [0.29, 0.717) is 0 Å². The van der Waals surface area contributed by atoms with E-state index in [0.717, 1.165) is 30.2 Å². The summed E-state index contributed by atoms with van der Waals surface area (Å²) < 4.78 is 11.4. The van der Waals surface area contributed by atoms with Crippen molar-refractivity contribution in [3.63, 3.8) is 0 Å². The minimum Gasteiger partial charge on any atom is -0.449 e. The maximum Gasteiger partial charge on any atom is 0.246 e. The molecule has 0 spiro atoms. The largest absolute Gasteiger partial charge is 0.449 e. The van der Waals surface area contributed by atoms with E-state index in [2.05, 4.69) is 29.6 Å². The van der Waals surface area contributed by atoms with Crippen molar-refractivity contribution in [1.82, 2.24) is 0 Å². The van der Waals surface area contributed by atoms with Crippen LogP contribution in [0.5, 0.6) is 11.5 Å². The van der Waals surface area contributed by atoms with Gasteiger partial charge in [0.2, 0.25) is 5.79 Å². The van der Waals surface area contributed by atoms with E-state index in [9.17, 15) is 0 Å². The van der Waals surface area contributed by atoms with Crippen molar-refractivity contribution in [2.45, 2.75) is 26.1 Å². The van der Waals surface area contributed by atoms with E-state index in [1.54, 1.807) is 0 Å². The molecule has 0 bridgehead atoms. The van der Waals surface area contributed by atoms with Crippen LogP contribution in [-0.4, -0.2) is 12.3 Å². The van der Waals surface area contributed by atoms with E-state index in [-0.39, 0.29) is 0 Å². The molecule has 0 radical (unpaired) electrons. The van der Waals surface area contributed by atoms with Gasteiger partial charge in [0.25, 0.3) is 0 Å². The van der Waals surface area contributed by atoms with Crippen LogP contribution in [0, 0.1) is 0 Å². The maximum atomic E-state index is 5.74. The minimum atomic E-state index is -0.564. The molecule has 1 N–H and O–H groups in total. The van der Waals surface area contributed by atoms with Crippen LogP contribution in [0.25, 0.3) is 0 Å². The molecule has 1 aliphatic heterocycles. The Morgan fingerprint density at radius 1 is 0.950 bits per heavy atom. The second-order valence-corrected chi connectivity index (χ2v) is 5.43. The van der Waals surface area contributed by atoms with E-state index < -0.39 is 5.79 Å². The molecule has 104 valence electrons. The molecule has 3 rings (SSSR count). The van der Waals surface area contributed by atoms with E-state index in [1.165, 1.54) is 5.56 Å². The first-order valence-electron chi connectivity index (χ1n) is 6.92. The highest BCUT2D eigenvalue weighted by atomic mass is 16.7. The molecule has 0 saturated heterocycles. The molecular formula is C17H19NO2. The molecule has 0 fully saturated rings. The first-order valence-corrected chi connectivity index (χ1v) is 6.92. The van der Waals surface area contributed by atoms with Gasteiger partial charge in [-0.25, -0.2) is 0 Å². The first-order chi connectivity index (χ1) is 9.62. The Kier molecular flexibility index (Phi) is 3.26. The van der Waals surface area contributed by atoms with Gasteiger partial charge in [0.1, 0.15) is 0 Å². The SMILES string of the molecule is CC1(C)Oc2ccc(NCCc3ccccc3)cc2O1. The lowest BCUT2D eigenvalue weighted by atomic mass is 10.1. The fourth-order valence-electron chi connectivity index (χ4n) is 2.33. The number of hydrogen-bond acceptors (Lipinski definition) is 3. The molecule has 2 aromatic carbocycles. The van der Waals surface area contributed by atoms with Crippen LogP contribution in [0.15, 0.2) is 48.5 Å². The Balaban J connectivity index is 1.60. The molecule has 2 aromatic rings. The zero-order valence-corrected chi connectivity index (χ0v) is 11.8. The summed E-state index contributed by atoms with van der Waals surface area (Å²) in [4.78, 5) is 0. The molecule has 0 aliphatic carbocycles. The summed E-state index contributed by atoms with van der Waals surface area (Å²) in [6.45, 7) is 4.72. The fraction of sp³-hybridized carbons (Fsp3) is 0.294. The smallest absolute Gasteiger partial charge is 0.246 e. The van der Waals surface area contributed by atoms with Gasteiger partial charge in [-0.15, -0.1) is 0 Å². The number of fused-ring (bicyclic) bond motifs is 1. The number of hydrogen-bond donors (Lipinski definition) is 1. The van der Waals surface area contributed by atoms with Gasteiger partial charge < -0.3 is 14.8 Å². The van der Waals surface area contributed by atoms with Crippen molar-refractivity contribution in [2.24, 2.45) is 0 Å². The highest BCUT2D eigenvalue weighted by Crippen LogP contribution is 2.40. The third-order valence-corrected chi connectivity index (χ3v) is 3.24. The van der Waals surface area contributed by atoms with Crippen molar-refractivity contribution in [3.8, 4) is 11.5 Å². The number of anilines is 1. The van der Waals surface area contributed by atoms with E-state index >= 15 is 0 Å². The van der Waals surface area contributed by atoms with E-state index in [4.69, 9.17) is 9.47 Å². The third kappa shape index (κ3) is 2.87. The molecule has 3 nitrogen and oxygen atoms in total. The molecule has 0 amide bonds. The van der Waals surface area contributed by atoms with Crippen LogP contribution >= 0.6 is 0 Å². The monoisotopic (exact) mass is 269 g/mol. The Morgan fingerprint density at radius 3 is 2.50 bits per heavy atom. The van der Waals surface area contributed by atoms with Crippen molar-refractivity contribution in [1.29, 1.82) is 0 Å². The lowest BCUT2D eigenvalue weighted by molar-refractivity contribution is -0.0431. The van der Waals surface area contributed by atoms with Crippen molar-refractivity contribution < 1.29 is 9.47 Å². The van der Waals surface area contributed by atoms with E-state index in [1.807, 2.05) is 38.1 Å². The highest BCUT2D eigenvalue weighted by Gasteiger charge is 2.31. The Hall–Kier alpha value is -2.16. The summed E-state index contributed by atoms with van der Waals surface area (Å²) in [5, 5.41) is 3.41. The number of benzene rings is 2. The highest BCUT2D eigenvalue weighted by molar-refractivity contribution is 5.56. The summed E-state index contributed by atoms with van der Waals surface area (Å²) in [5.74, 6) is 1.05. The van der Waals surface area contributed by atoms with Gasteiger partial charge in [-0.3, -0.25) is 0 Å².